The first-order chi connectivity index (χ1) is 7.70. The number of hydrogen-bond acceptors (Lipinski definition) is 1. The van der Waals surface area contributed by atoms with E-state index >= 15 is 0 Å². The van der Waals surface area contributed by atoms with E-state index in [1.165, 1.54) is 25.3 Å². The quantitative estimate of drug-likeness (QED) is 0.893. The van der Waals surface area contributed by atoms with E-state index in [0.29, 0.717) is 6.04 Å². The molecule has 0 saturated heterocycles. The molecule has 0 spiro atoms. The van der Waals surface area contributed by atoms with E-state index in [4.69, 9.17) is 0 Å². The Hall–Kier alpha value is -0.410. The average molecular weight is 286 g/mol. The molecule has 1 atom stereocenters. The molecule has 1 aliphatic rings. The van der Waals surface area contributed by atoms with E-state index in [1.807, 2.05) is 7.05 Å². The molecule has 3 heteroatoms. The van der Waals surface area contributed by atoms with E-state index in [0.717, 1.165) is 22.4 Å². The average Bonchev–Trinajstić information content (AvgIpc) is 2.19. The van der Waals surface area contributed by atoms with Gasteiger partial charge in [0.05, 0.1) is 0 Å². The van der Waals surface area contributed by atoms with Gasteiger partial charge in [0.15, 0.2) is 0 Å². The fraction of sp³-hybridized carbons (Fsp3) is 0.538. The van der Waals surface area contributed by atoms with Crippen LogP contribution in [0.25, 0.3) is 0 Å². The summed E-state index contributed by atoms with van der Waals surface area (Å²) in [6.07, 6.45) is 4.85. The molecule has 0 aromatic heterocycles. The maximum atomic E-state index is 13.2. The molecule has 88 valence electrons. The van der Waals surface area contributed by atoms with Gasteiger partial charge in [-0.15, -0.1) is 0 Å². The third-order valence-electron chi connectivity index (χ3n) is 3.54. The van der Waals surface area contributed by atoms with Crippen molar-refractivity contribution in [2.75, 3.05) is 7.05 Å². The maximum absolute atomic E-state index is 13.2. The monoisotopic (exact) mass is 285 g/mol. The summed E-state index contributed by atoms with van der Waals surface area (Å²) in [6.45, 7) is 0. The summed E-state index contributed by atoms with van der Waals surface area (Å²) in [5, 5.41) is 3.36. The number of hydrogen-bond donors (Lipinski definition) is 1. The number of rotatable bonds is 4. The van der Waals surface area contributed by atoms with E-state index in [1.54, 1.807) is 12.1 Å². The van der Waals surface area contributed by atoms with Crippen LogP contribution in [-0.2, 0) is 6.42 Å². The third kappa shape index (κ3) is 2.64. The SMILES string of the molecule is CNC(Cc1cc(F)ccc1Br)C1CCC1. The minimum absolute atomic E-state index is 0.151. The fourth-order valence-electron chi connectivity index (χ4n) is 2.28. The lowest BCUT2D eigenvalue weighted by molar-refractivity contribution is 0.235. The van der Waals surface area contributed by atoms with Crippen LogP contribution in [0.15, 0.2) is 22.7 Å². The molecule has 0 bridgehead atoms. The Morgan fingerprint density at radius 1 is 1.50 bits per heavy atom. The summed E-state index contributed by atoms with van der Waals surface area (Å²) >= 11 is 3.48. The first-order valence-corrected chi connectivity index (χ1v) is 6.61. The predicted molar refractivity (Wildman–Crippen MR) is 68.0 cm³/mol. The van der Waals surface area contributed by atoms with Crippen molar-refractivity contribution in [3.8, 4) is 0 Å². The van der Waals surface area contributed by atoms with Gasteiger partial charge in [-0.25, -0.2) is 4.39 Å². The molecule has 1 unspecified atom stereocenters. The molecule has 0 radical (unpaired) electrons. The normalized spacial score (nSPS) is 18.2. The van der Waals surface area contributed by atoms with Crippen LogP contribution < -0.4 is 5.32 Å². The zero-order valence-electron chi connectivity index (χ0n) is 9.47. The van der Waals surface area contributed by atoms with Gasteiger partial charge < -0.3 is 5.32 Å². The van der Waals surface area contributed by atoms with Gasteiger partial charge in [0.1, 0.15) is 5.82 Å². The standard InChI is InChI=1S/C13H17BrFN/c1-16-13(9-3-2-4-9)8-10-7-11(15)5-6-12(10)14/h5-7,9,13,16H,2-4,8H2,1H3. The second-order valence-corrected chi connectivity index (χ2v) is 5.38. The first-order valence-electron chi connectivity index (χ1n) is 5.82. The molecule has 1 aromatic rings. The molecule has 1 fully saturated rings. The lowest BCUT2D eigenvalue weighted by atomic mass is 9.78. The summed E-state index contributed by atoms with van der Waals surface area (Å²) in [5.74, 6) is 0.613. The zero-order valence-corrected chi connectivity index (χ0v) is 11.1. The van der Waals surface area contributed by atoms with Crippen molar-refractivity contribution >= 4 is 15.9 Å². The molecule has 2 rings (SSSR count). The highest BCUT2D eigenvalue weighted by atomic mass is 79.9. The Morgan fingerprint density at radius 2 is 2.25 bits per heavy atom. The van der Waals surface area contributed by atoms with Crippen LogP contribution in [-0.4, -0.2) is 13.1 Å². The summed E-state index contributed by atoms with van der Waals surface area (Å²) < 4.78 is 14.2. The number of nitrogens with one attached hydrogen (secondary N) is 1. The molecule has 1 saturated carbocycles. The Balaban J connectivity index is 2.08. The lowest BCUT2D eigenvalue weighted by Crippen LogP contribution is -2.39. The summed E-state index contributed by atoms with van der Waals surface area (Å²) in [4.78, 5) is 0. The van der Waals surface area contributed by atoms with E-state index in [-0.39, 0.29) is 5.82 Å². The number of likely N-dealkylation sites (N-methyl/N-ethyl adjacent to an activating group) is 1. The summed E-state index contributed by atoms with van der Waals surface area (Å²) in [5.41, 5.74) is 1.06. The smallest absolute Gasteiger partial charge is 0.123 e. The van der Waals surface area contributed by atoms with E-state index < -0.39 is 0 Å². The van der Waals surface area contributed by atoms with Gasteiger partial charge in [-0.1, -0.05) is 22.4 Å². The molecule has 16 heavy (non-hydrogen) atoms. The predicted octanol–water partition coefficient (Wildman–Crippen LogP) is 3.52. The third-order valence-corrected chi connectivity index (χ3v) is 4.31. The maximum Gasteiger partial charge on any atom is 0.123 e. The summed E-state index contributed by atoms with van der Waals surface area (Å²) in [6, 6.07) is 5.39. The fourth-order valence-corrected chi connectivity index (χ4v) is 2.69. The van der Waals surface area contributed by atoms with Gasteiger partial charge in [-0.05, 0) is 56.0 Å². The van der Waals surface area contributed by atoms with Crippen LogP contribution in [0, 0.1) is 11.7 Å². The highest BCUT2D eigenvalue weighted by molar-refractivity contribution is 9.10. The van der Waals surface area contributed by atoms with Crippen molar-refractivity contribution in [3.63, 3.8) is 0 Å². The van der Waals surface area contributed by atoms with Crippen molar-refractivity contribution in [3.05, 3.63) is 34.1 Å². The Bertz CT molecular complexity index is 363. The molecule has 1 aliphatic carbocycles. The largest absolute Gasteiger partial charge is 0.316 e. The molecule has 0 amide bonds. The number of benzene rings is 1. The Kier molecular flexibility index (Phi) is 3.98. The highest BCUT2D eigenvalue weighted by Gasteiger charge is 2.26. The van der Waals surface area contributed by atoms with Crippen LogP contribution in [0.5, 0.6) is 0 Å². The lowest BCUT2D eigenvalue weighted by Gasteiger charge is -2.33. The van der Waals surface area contributed by atoms with Gasteiger partial charge in [0, 0.05) is 10.5 Å². The van der Waals surface area contributed by atoms with Crippen LogP contribution in [0.2, 0.25) is 0 Å². The minimum Gasteiger partial charge on any atom is -0.316 e. The van der Waals surface area contributed by atoms with Gasteiger partial charge >= 0.3 is 0 Å². The van der Waals surface area contributed by atoms with Crippen molar-refractivity contribution in [2.45, 2.75) is 31.7 Å². The zero-order chi connectivity index (χ0) is 11.5. The highest BCUT2D eigenvalue weighted by Crippen LogP contribution is 2.32. The second-order valence-electron chi connectivity index (χ2n) is 4.53. The Labute approximate surface area is 105 Å². The first kappa shape index (κ1) is 12.1. The van der Waals surface area contributed by atoms with Gasteiger partial charge in [0.25, 0.3) is 0 Å². The van der Waals surface area contributed by atoms with E-state index in [9.17, 15) is 4.39 Å². The van der Waals surface area contributed by atoms with Crippen LogP contribution >= 0.6 is 15.9 Å². The molecule has 0 heterocycles. The van der Waals surface area contributed by atoms with Crippen molar-refractivity contribution in [1.82, 2.24) is 5.32 Å². The summed E-state index contributed by atoms with van der Waals surface area (Å²) in [7, 11) is 2.00. The molecule has 1 nitrogen and oxygen atoms in total. The number of halogens is 2. The minimum atomic E-state index is -0.151. The van der Waals surface area contributed by atoms with Gasteiger partial charge in [0.2, 0.25) is 0 Å². The van der Waals surface area contributed by atoms with E-state index in [2.05, 4.69) is 21.2 Å². The molecule has 1 aromatic carbocycles. The molecule has 1 N–H and O–H groups in total. The Morgan fingerprint density at radius 3 is 2.81 bits per heavy atom. The van der Waals surface area contributed by atoms with Crippen LogP contribution in [0.4, 0.5) is 4.39 Å². The molecular weight excluding hydrogens is 269 g/mol. The van der Waals surface area contributed by atoms with Crippen LogP contribution in [0.3, 0.4) is 0 Å². The second kappa shape index (κ2) is 5.28. The van der Waals surface area contributed by atoms with Gasteiger partial charge in [-0.3, -0.25) is 0 Å². The molecular formula is C13H17BrFN. The topological polar surface area (TPSA) is 12.0 Å². The van der Waals surface area contributed by atoms with Crippen molar-refractivity contribution in [2.24, 2.45) is 5.92 Å². The van der Waals surface area contributed by atoms with Crippen molar-refractivity contribution in [1.29, 1.82) is 0 Å². The van der Waals surface area contributed by atoms with Crippen LogP contribution in [0.1, 0.15) is 24.8 Å². The molecule has 0 aliphatic heterocycles. The van der Waals surface area contributed by atoms with Crippen molar-refractivity contribution < 1.29 is 4.39 Å². The van der Waals surface area contributed by atoms with Gasteiger partial charge in [-0.2, -0.15) is 0 Å².